The molecule has 1 rings (SSSR count). The van der Waals surface area contributed by atoms with Crippen LogP contribution in [0.1, 0.15) is 6.92 Å². The van der Waals surface area contributed by atoms with Crippen molar-refractivity contribution in [1.29, 1.82) is 5.41 Å². The highest BCUT2D eigenvalue weighted by Gasteiger charge is 1.93. The number of hydrogen-bond acceptors (Lipinski definition) is 2. The van der Waals surface area contributed by atoms with Crippen molar-refractivity contribution in [1.82, 2.24) is 0 Å². The average Bonchev–Trinajstić information content (AvgIpc) is 1.93. The van der Waals surface area contributed by atoms with Crippen LogP contribution >= 0.6 is 11.6 Å². The first-order chi connectivity index (χ1) is 5.18. The van der Waals surface area contributed by atoms with Crippen LogP contribution in [0.25, 0.3) is 0 Å². The van der Waals surface area contributed by atoms with Crippen LogP contribution in [0.4, 0.5) is 0 Å². The van der Waals surface area contributed by atoms with Crippen LogP contribution in [0.2, 0.25) is 5.02 Å². The molecule has 1 aromatic rings. The zero-order valence-electron chi connectivity index (χ0n) is 6.10. The molecule has 58 valence electrons. The van der Waals surface area contributed by atoms with E-state index in [4.69, 9.17) is 21.7 Å². The van der Waals surface area contributed by atoms with E-state index in [1.54, 1.807) is 31.2 Å². The van der Waals surface area contributed by atoms with Gasteiger partial charge in [-0.1, -0.05) is 11.6 Å². The summed E-state index contributed by atoms with van der Waals surface area (Å²) in [6.45, 7) is 1.58. The minimum Gasteiger partial charge on any atom is -0.444 e. The van der Waals surface area contributed by atoms with E-state index in [1.807, 2.05) is 0 Å². The molecule has 0 heterocycles. The Labute approximate surface area is 70.3 Å². The number of benzene rings is 1. The van der Waals surface area contributed by atoms with Crippen molar-refractivity contribution in [3.8, 4) is 5.75 Å². The van der Waals surface area contributed by atoms with Gasteiger partial charge in [-0.2, -0.15) is 0 Å². The predicted octanol–water partition coefficient (Wildman–Crippen LogP) is 2.72. The third-order valence-electron chi connectivity index (χ3n) is 1.08. The molecule has 3 heteroatoms. The molecule has 0 atom stereocenters. The monoisotopic (exact) mass is 169 g/mol. The summed E-state index contributed by atoms with van der Waals surface area (Å²) in [6.07, 6.45) is 0. The summed E-state index contributed by atoms with van der Waals surface area (Å²) in [6, 6.07) is 6.89. The van der Waals surface area contributed by atoms with Crippen LogP contribution in [0.3, 0.4) is 0 Å². The number of hydrogen-bond donors (Lipinski definition) is 1. The first-order valence-electron chi connectivity index (χ1n) is 3.17. The molecule has 0 aliphatic heterocycles. The van der Waals surface area contributed by atoms with Gasteiger partial charge in [0, 0.05) is 11.9 Å². The summed E-state index contributed by atoms with van der Waals surface area (Å²) >= 11 is 5.64. The topological polar surface area (TPSA) is 33.1 Å². The fourth-order valence-electron chi connectivity index (χ4n) is 0.679. The van der Waals surface area contributed by atoms with E-state index in [0.717, 1.165) is 0 Å². The van der Waals surface area contributed by atoms with Crippen molar-refractivity contribution in [3.63, 3.8) is 0 Å². The highest BCUT2D eigenvalue weighted by atomic mass is 35.5. The van der Waals surface area contributed by atoms with Gasteiger partial charge in [-0.25, -0.2) is 0 Å². The maximum atomic E-state index is 7.03. The Bertz CT molecular complexity index is 255. The maximum Gasteiger partial charge on any atom is 0.184 e. The molecule has 0 saturated carbocycles. The van der Waals surface area contributed by atoms with Crippen molar-refractivity contribution < 1.29 is 4.74 Å². The molecule has 1 N–H and O–H groups in total. The highest BCUT2D eigenvalue weighted by molar-refractivity contribution is 6.30. The van der Waals surface area contributed by atoms with Gasteiger partial charge >= 0.3 is 0 Å². The van der Waals surface area contributed by atoms with Gasteiger partial charge in [0.15, 0.2) is 5.90 Å². The standard InChI is InChI=1S/C8H8ClNO/c1-6(10)11-8-4-2-7(9)3-5-8/h2-5,10H,1H3. The van der Waals surface area contributed by atoms with Gasteiger partial charge in [0.2, 0.25) is 0 Å². The molecule has 0 spiro atoms. The van der Waals surface area contributed by atoms with Crippen LogP contribution in [0.5, 0.6) is 5.75 Å². The van der Waals surface area contributed by atoms with Crippen LogP contribution in [0, 0.1) is 5.41 Å². The first-order valence-corrected chi connectivity index (χ1v) is 3.55. The molecule has 0 bridgehead atoms. The van der Waals surface area contributed by atoms with Crippen LogP contribution in [-0.2, 0) is 0 Å². The molecule has 0 aliphatic rings. The second-order valence-electron chi connectivity index (χ2n) is 2.11. The molecule has 11 heavy (non-hydrogen) atoms. The SMILES string of the molecule is CC(=N)Oc1ccc(Cl)cc1. The van der Waals surface area contributed by atoms with Gasteiger partial charge in [0.1, 0.15) is 5.75 Å². The molecular weight excluding hydrogens is 162 g/mol. The average molecular weight is 170 g/mol. The molecule has 0 fully saturated rings. The molecule has 0 aromatic heterocycles. The zero-order chi connectivity index (χ0) is 8.27. The summed E-state index contributed by atoms with van der Waals surface area (Å²) in [5.41, 5.74) is 0. The lowest BCUT2D eigenvalue weighted by molar-refractivity contribution is 0.542. The molecule has 0 unspecified atom stereocenters. The minimum absolute atomic E-state index is 0.173. The quantitative estimate of drug-likeness (QED) is 0.509. The Hall–Kier alpha value is -1.02. The maximum absolute atomic E-state index is 7.03. The molecule has 0 aliphatic carbocycles. The minimum atomic E-state index is 0.173. The third-order valence-corrected chi connectivity index (χ3v) is 1.34. The second kappa shape index (κ2) is 3.39. The Morgan fingerprint density at radius 3 is 2.36 bits per heavy atom. The summed E-state index contributed by atoms with van der Waals surface area (Å²) in [4.78, 5) is 0. The lowest BCUT2D eigenvalue weighted by atomic mass is 10.3. The van der Waals surface area contributed by atoms with E-state index >= 15 is 0 Å². The molecule has 1 aromatic carbocycles. The molecule has 2 nitrogen and oxygen atoms in total. The lowest BCUT2D eigenvalue weighted by Gasteiger charge is -2.01. The smallest absolute Gasteiger partial charge is 0.184 e. The van der Waals surface area contributed by atoms with E-state index in [2.05, 4.69) is 0 Å². The number of rotatable bonds is 1. The van der Waals surface area contributed by atoms with E-state index in [0.29, 0.717) is 10.8 Å². The van der Waals surface area contributed by atoms with E-state index in [9.17, 15) is 0 Å². The van der Waals surface area contributed by atoms with Crippen LogP contribution in [0.15, 0.2) is 24.3 Å². The Morgan fingerprint density at radius 2 is 1.91 bits per heavy atom. The van der Waals surface area contributed by atoms with Gasteiger partial charge in [-0.05, 0) is 24.3 Å². The van der Waals surface area contributed by atoms with E-state index in [1.165, 1.54) is 0 Å². The van der Waals surface area contributed by atoms with Crippen molar-refractivity contribution in [3.05, 3.63) is 29.3 Å². The Morgan fingerprint density at radius 1 is 1.36 bits per heavy atom. The van der Waals surface area contributed by atoms with Gasteiger partial charge in [-0.15, -0.1) is 0 Å². The summed E-state index contributed by atoms with van der Waals surface area (Å²) < 4.78 is 4.99. The van der Waals surface area contributed by atoms with Crippen molar-refractivity contribution in [2.24, 2.45) is 0 Å². The molecular formula is C8H8ClNO. The van der Waals surface area contributed by atoms with Crippen molar-refractivity contribution in [2.45, 2.75) is 6.92 Å². The zero-order valence-corrected chi connectivity index (χ0v) is 6.85. The number of ether oxygens (including phenoxy) is 1. The summed E-state index contributed by atoms with van der Waals surface area (Å²) in [7, 11) is 0. The summed E-state index contributed by atoms with van der Waals surface area (Å²) in [5, 5.41) is 7.70. The van der Waals surface area contributed by atoms with Gasteiger partial charge in [0.25, 0.3) is 0 Å². The normalized spacial score (nSPS) is 9.27. The first kappa shape index (κ1) is 8.08. The third kappa shape index (κ3) is 2.60. The number of nitrogens with one attached hydrogen (secondary N) is 1. The Kier molecular flexibility index (Phi) is 2.49. The largest absolute Gasteiger partial charge is 0.444 e. The van der Waals surface area contributed by atoms with E-state index < -0.39 is 0 Å². The van der Waals surface area contributed by atoms with Gasteiger partial charge in [0.05, 0.1) is 0 Å². The van der Waals surface area contributed by atoms with Crippen LogP contribution in [-0.4, -0.2) is 5.90 Å². The highest BCUT2D eigenvalue weighted by Crippen LogP contribution is 2.15. The van der Waals surface area contributed by atoms with Gasteiger partial charge < -0.3 is 4.74 Å². The van der Waals surface area contributed by atoms with Gasteiger partial charge in [-0.3, -0.25) is 5.41 Å². The van der Waals surface area contributed by atoms with E-state index in [-0.39, 0.29) is 5.90 Å². The fourth-order valence-corrected chi connectivity index (χ4v) is 0.805. The van der Waals surface area contributed by atoms with Crippen LogP contribution < -0.4 is 4.74 Å². The molecule has 0 amide bonds. The van der Waals surface area contributed by atoms with Crippen molar-refractivity contribution >= 4 is 17.5 Å². The molecule has 0 radical (unpaired) electrons. The predicted molar refractivity (Wildman–Crippen MR) is 45.5 cm³/mol. The van der Waals surface area contributed by atoms with Crippen molar-refractivity contribution in [2.75, 3.05) is 0 Å². The molecule has 0 saturated heterocycles. The summed E-state index contributed by atoms with van der Waals surface area (Å²) in [5.74, 6) is 0.814. The fraction of sp³-hybridized carbons (Fsp3) is 0.125. The number of halogens is 1. The Balaban J connectivity index is 2.74. The lowest BCUT2D eigenvalue weighted by Crippen LogP contribution is -1.99. The second-order valence-corrected chi connectivity index (χ2v) is 2.55.